The summed E-state index contributed by atoms with van der Waals surface area (Å²) < 4.78 is 23.3. The molecule has 0 bridgehead atoms. The third kappa shape index (κ3) is 4.50. The molecule has 2 aromatic carbocycles. The molecule has 0 unspecified atom stereocenters. The average Bonchev–Trinajstić information content (AvgIpc) is 3.08. The summed E-state index contributed by atoms with van der Waals surface area (Å²) >= 11 is 0. The fraction of sp³-hybridized carbons (Fsp3) is 0.364. The Bertz CT molecular complexity index is 1010. The van der Waals surface area contributed by atoms with Gasteiger partial charge in [0.2, 0.25) is 11.8 Å². The van der Waals surface area contributed by atoms with Gasteiger partial charge >= 0.3 is 0 Å². The van der Waals surface area contributed by atoms with Crippen molar-refractivity contribution in [2.24, 2.45) is 5.92 Å². The molecule has 1 aliphatic heterocycles. The summed E-state index contributed by atoms with van der Waals surface area (Å²) in [5.41, 5.74) is 2.76. The summed E-state index contributed by atoms with van der Waals surface area (Å²) in [5.74, 6) is -0.537. The van der Waals surface area contributed by atoms with Crippen molar-refractivity contribution >= 4 is 27.3 Å². The molecule has 0 radical (unpaired) electrons. The maximum absolute atomic E-state index is 13.0. The minimum atomic E-state index is -3.26. The zero-order valence-corrected chi connectivity index (χ0v) is 17.9. The fourth-order valence-corrected chi connectivity index (χ4v) is 4.17. The Morgan fingerprint density at radius 3 is 2.24 bits per heavy atom. The van der Waals surface area contributed by atoms with Crippen molar-refractivity contribution in [3.8, 4) is 0 Å². The Morgan fingerprint density at radius 1 is 1.10 bits per heavy atom. The van der Waals surface area contributed by atoms with E-state index >= 15 is 0 Å². The highest BCUT2D eigenvalue weighted by Gasteiger charge is 2.37. The Balaban J connectivity index is 1.71. The second-order valence-electron chi connectivity index (χ2n) is 7.71. The van der Waals surface area contributed by atoms with Gasteiger partial charge in [0.1, 0.15) is 0 Å². The first-order chi connectivity index (χ1) is 13.6. The first-order valence-electron chi connectivity index (χ1n) is 9.51. The number of carbonyl (C=O) groups excluding carboxylic acids is 2. The summed E-state index contributed by atoms with van der Waals surface area (Å²) in [4.78, 5) is 29.0. The summed E-state index contributed by atoms with van der Waals surface area (Å²) in [6, 6.07) is 14.0. The van der Waals surface area contributed by atoms with E-state index in [1.54, 1.807) is 41.1 Å². The largest absolute Gasteiger partial charge is 0.339 e. The van der Waals surface area contributed by atoms with Crippen molar-refractivity contribution in [1.82, 2.24) is 4.90 Å². The fourth-order valence-electron chi connectivity index (χ4n) is 3.54. The van der Waals surface area contributed by atoms with Crippen LogP contribution in [0.5, 0.6) is 0 Å². The van der Waals surface area contributed by atoms with Crippen molar-refractivity contribution in [2.45, 2.75) is 31.2 Å². The lowest BCUT2D eigenvalue weighted by Crippen LogP contribution is -2.36. The van der Waals surface area contributed by atoms with Crippen molar-refractivity contribution in [1.29, 1.82) is 0 Å². The van der Waals surface area contributed by atoms with E-state index in [4.69, 9.17) is 0 Å². The van der Waals surface area contributed by atoms with Crippen LogP contribution in [0, 0.1) is 12.8 Å². The van der Waals surface area contributed by atoms with Crippen LogP contribution in [0.25, 0.3) is 0 Å². The van der Waals surface area contributed by atoms with E-state index in [2.05, 4.69) is 0 Å². The van der Waals surface area contributed by atoms with Gasteiger partial charge in [-0.2, -0.15) is 0 Å². The predicted molar refractivity (Wildman–Crippen MR) is 112 cm³/mol. The van der Waals surface area contributed by atoms with E-state index in [1.165, 1.54) is 0 Å². The monoisotopic (exact) mass is 414 g/mol. The molecule has 29 heavy (non-hydrogen) atoms. The molecule has 1 saturated heterocycles. The molecule has 1 aliphatic rings. The highest BCUT2D eigenvalue weighted by atomic mass is 32.2. The summed E-state index contributed by atoms with van der Waals surface area (Å²) in [6.45, 7) is 4.24. The normalized spacial score (nSPS) is 18.0. The van der Waals surface area contributed by atoms with E-state index < -0.39 is 15.8 Å². The highest BCUT2D eigenvalue weighted by molar-refractivity contribution is 7.90. The molecule has 1 fully saturated rings. The smallest absolute Gasteiger partial charge is 0.228 e. The lowest BCUT2D eigenvalue weighted by atomic mass is 10.0. The van der Waals surface area contributed by atoms with Gasteiger partial charge in [0.25, 0.3) is 0 Å². The summed E-state index contributed by atoms with van der Waals surface area (Å²) in [6.07, 6.45) is 1.36. The number of benzene rings is 2. The number of anilines is 1. The standard InChI is InChI=1S/C22H26N2O4S/c1-15-5-9-19(10-6-15)24-14-18(13-21(24)25)22(26)23(3)16(2)17-7-11-20(12-8-17)29(4,27)28/h5-12,16,18H,13-14H2,1-4H3/t16-,18+/m1/s1. The molecule has 0 saturated carbocycles. The van der Waals surface area contributed by atoms with Crippen molar-refractivity contribution in [2.75, 3.05) is 24.7 Å². The molecule has 0 spiro atoms. The highest BCUT2D eigenvalue weighted by Crippen LogP contribution is 2.29. The Labute approximate surface area is 172 Å². The second-order valence-corrected chi connectivity index (χ2v) is 9.72. The van der Waals surface area contributed by atoms with Crippen LogP contribution in [0.1, 0.15) is 30.5 Å². The van der Waals surface area contributed by atoms with Gasteiger partial charge in [-0.15, -0.1) is 0 Å². The van der Waals surface area contributed by atoms with Gasteiger partial charge in [-0.05, 0) is 43.7 Å². The lowest BCUT2D eigenvalue weighted by Gasteiger charge is -2.28. The van der Waals surface area contributed by atoms with Gasteiger partial charge in [0.05, 0.1) is 16.9 Å². The molecule has 0 aliphatic carbocycles. The molecule has 2 aromatic rings. The molecule has 0 aromatic heterocycles. The molecule has 2 atom stereocenters. The van der Waals surface area contributed by atoms with Crippen LogP contribution in [0.15, 0.2) is 53.4 Å². The maximum Gasteiger partial charge on any atom is 0.228 e. The number of rotatable bonds is 5. The molecule has 7 heteroatoms. The number of aryl methyl sites for hydroxylation is 1. The third-order valence-electron chi connectivity index (χ3n) is 5.54. The van der Waals surface area contributed by atoms with Crippen LogP contribution in [-0.4, -0.2) is 45.0 Å². The Morgan fingerprint density at radius 2 is 1.69 bits per heavy atom. The predicted octanol–water partition coefficient (Wildman–Crippen LogP) is 2.97. The SMILES string of the molecule is Cc1ccc(N2C[C@@H](C(=O)N(C)[C@H](C)c3ccc(S(C)(=O)=O)cc3)CC2=O)cc1. The van der Waals surface area contributed by atoms with Crippen LogP contribution in [0.4, 0.5) is 5.69 Å². The molecule has 154 valence electrons. The summed E-state index contributed by atoms with van der Waals surface area (Å²) in [7, 11) is -1.54. The minimum absolute atomic E-state index is 0.0502. The van der Waals surface area contributed by atoms with Gasteiger partial charge in [-0.1, -0.05) is 29.8 Å². The van der Waals surface area contributed by atoms with Gasteiger partial charge < -0.3 is 9.80 Å². The molecule has 3 rings (SSSR count). The number of amides is 2. The second kappa shape index (κ2) is 7.99. The van der Waals surface area contributed by atoms with Crippen LogP contribution in [0.2, 0.25) is 0 Å². The number of hydrogen-bond donors (Lipinski definition) is 0. The quantitative estimate of drug-likeness (QED) is 0.754. The van der Waals surface area contributed by atoms with Crippen molar-refractivity contribution < 1.29 is 18.0 Å². The number of nitrogens with zero attached hydrogens (tertiary/aromatic N) is 2. The van der Waals surface area contributed by atoms with Crippen molar-refractivity contribution in [3.63, 3.8) is 0 Å². The first-order valence-corrected chi connectivity index (χ1v) is 11.4. The topological polar surface area (TPSA) is 74.8 Å². The number of carbonyl (C=O) groups is 2. The van der Waals surface area contributed by atoms with Crippen LogP contribution >= 0.6 is 0 Å². The molecule has 6 nitrogen and oxygen atoms in total. The zero-order chi connectivity index (χ0) is 21.3. The molecule has 2 amide bonds. The summed E-state index contributed by atoms with van der Waals surface area (Å²) in [5, 5.41) is 0. The van der Waals surface area contributed by atoms with E-state index in [0.717, 1.165) is 23.1 Å². The van der Waals surface area contributed by atoms with Crippen LogP contribution in [0.3, 0.4) is 0 Å². The molecule has 0 N–H and O–H groups in total. The van der Waals surface area contributed by atoms with Gasteiger partial charge in [-0.25, -0.2) is 8.42 Å². The number of hydrogen-bond acceptors (Lipinski definition) is 4. The zero-order valence-electron chi connectivity index (χ0n) is 17.1. The Hall–Kier alpha value is -2.67. The first kappa shape index (κ1) is 21.0. The third-order valence-corrected chi connectivity index (χ3v) is 6.67. The van der Waals surface area contributed by atoms with E-state index in [1.807, 2.05) is 38.1 Å². The van der Waals surface area contributed by atoms with E-state index in [9.17, 15) is 18.0 Å². The van der Waals surface area contributed by atoms with Crippen LogP contribution < -0.4 is 4.90 Å². The molecular formula is C22H26N2O4S. The van der Waals surface area contributed by atoms with Crippen molar-refractivity contribution in [3.05, 3.63) is 59.7 Å². The van der Waals surface area contributed by atoms with Gasteiger partial charge in [-0.3, -0.25) is 9.59 Å². The van der Waals surface area contributed by atoms with Gasteiger partial charge in [0, 0.05) is 32.0 Å². The number of sulfone groups is 1. The van der Waals surface area contributed by atoms with E-state index in [0.29, 0.717) is 6.54 Å². The molecular weight excluding hydrogens is 388 g/mol. The Kier molecular flexibility index (Phi) is 5.80. The lowest BCUT2D eigenvalue weighted by molar-refractivity contribution is -0.136. The van der Waals surface area contributed by atoms with Gasteiger partial charge in [0.15, 0.2) is 9.84 Å². The molecule has 1 heterocycles. The van der Waals surface area contributed by atoms with Crippen LogP contribution in [-0.2, 0) is 19.4 Å². The average molecular weight is 415 g/mol. The van der Waals surface area contributed by atoms with E-state index in [-0.39, 0.29) is 29.2 Å². The minimum Gasteiger partial charge on any atom is -0.339 e. The maximum atomic E-state index is 13.0.